The minimum atomic E-state index is -0.577. The van der Waals surface area contributed by atoms with Gasteiger partial charge in [-0.3, -0.25) is 19.5 Å². The van der Waals surface area contributed by atoms with E-state index in [1.165, 1.54) is 4.57 Å². The summed E-state index contributed by atoms with van der Waals surface area (Å²) in [5.41, 5.74) is 0.662. The molecular weight excluding hydrogens is 435 g/mol. The largest absolute Gasteiger partial charge is 0.338 e. The molecule has 3 rings (SSSR count). The lowest BCUT2D eigenvalue weighted by molar-refractivity contribution is -0.117. The first-order chi connectivity index (χ1) is 13.9. The summed E-state index contributed by atoms with van der Waals surface area (Å²) >= 11 is 13.0. The van der Waals surface area contributed by atoms with Gasteiger partial charge in [0.1, 0.15) is 0 Å². The van der Waals surface area contributed by atoms with Gasteiger partial charge in [0.15, 0.2) is 5.16 Å². The summed E-state index contributed by atoms with van der Waals surface area (Å²) in [6.45, 7) is 2.14. The maximum atomic E-state index is 13.1. The Morgan fingerprint density at radius 3 is 2.48 bits per heavy atom. The Labute approximate surface area is 180 Å². The maximum Gasteiger partial charge on any atom is 0.321 e. The molecule has 0 fully saturated rings. The SMILES string of the molecule is CCNC(=O)NC(=O)CSc1nc2cc(Cl)ccc2c(=O)n1-c1ccc(Cl)cc1. The number of nitrogens with zero attached hydrogens (tertiary/aromatic N) is 2. The van der Waals surface area contributed by atoms with Crippen LogP contribution in [-0.2, 0) is 4.79 Å². The van der Waals surface area contributed by atoms with Crippen molar-refractivity contribution in [1.82, 2.24) is 20.2 Å². The standard InChI is InChI=1S/C19H16Cl2N4O3S/c1-2-22-18(28)24-16(26)10-29-19-23-15-9-12(21)5-8-14(15)17(27)25(19)13-6-3-11(20)4-7-13/h3-9H,2,10H2,1H3,(H2,22,24,26,28). The highest BCUT2D eigenvalue weighted by atomic mass is 35.5. The van der Waals surface area contributed by atoms with Crippen molar-refractivity contribution in [1.29, 1.82) is 0 Å². The number of urea groups is 1. The van der Waals surface area contributed by atoms with E-state index in [9.17, 15) is 14.4 Å². The molecule has 3 aromatic rings. The quantitative estimate of drug-likeness (QED) is 0.457. The fraction of sp³-hybridized carbons (Fsp3) is 0.158. The lowest BCUT2D eigenvalue weighted by Crippen LogP contribution is -2.40. The first kappa shape index (κ1) is 21.2. The second-order valence-electron chi connectivity index (χ2n) is 5.87. The molecule has 3 amide bonds. The number of nitrogens with one attached hydrogen (secondary N) is 2. The summed E-state index contributed by atoms with van der Waals surface area (Å²) in [6, 6.07) is 10.9. The number of aromatic nitrogens is 2. The molecule has 2 aromatic carbocycles. The summed E-state index contributed by atoms with van der Waals surface area (Å²) in [5.74, 6) is -0.618. The lowest BCUT2D eigenvalue weighted by Gasteiger charge is -2.13. The van der Waals surface area contributed by atoms with Crippen LogP contribution >= 0.6 is 35.0 Å². The normalized spacial score (nSPS) is 10.7. The van der Waals surface area contributed by atoms with Crippen molar-refractivity contribution in [2.24, 2.45) is 0 Å². The number of amides is 3. The summed E-state index contributed by atoms with van der Waals surface area (Å²) in [4.78, 5) is 41.2. The fourth-order valence-corrected chi connectivity index (χ4v) is 3.66. The molecule has 10 heteroatoms. The van der Waals surface area contributed by atoms with E-state index in [2.05, 4.69) is 15.6 Å². The maximum absolute atomic E-state index is 13.1. The molecule has 0 aliphatic rings. The van der Waals surface area contributed by atoms with Crippen molar-refractivity contribution in [3.8, 4) is 5.69 Å². The van der Waals surface area contributed by atoms with Gasteiger partial charge in [0.2, 0.25) is 5.91 Å². The number of imide groups is 1. The predicted molar refractivity (Wildman–Crippen MR) is 115 cm³/mol. The van der Waals surface area contributed by atoms with E-state index in [0.29, 0.717) is 33.2 Å². The van der Waals surface area contributed by atoms with Crippen LogP contribution in [0.2, 0.25) is 10.0 Å². The van der Waals surface area contributed by atoms with E-state index >= 15 is 0 Å². The summed E-state index contributed by atoms with van der Waals surface area (Å²) in [5, 5.41) is 6.34. The average Bonchev–Trinajstić information content (AvgIpc) is 2.67. The van der Waals surface area contributed by atoms with Crippen molar-refractivity contribution in [3.05, 3.63) is 62.9 Å². The molecule has 2 N–H and O–H groups in total. The Bertz CT molecular complexity index is 1130. The first-order valence-electron chi connectivity index (χ1n) is 8.57. The minimum absolute atomic E-state index is 0.108. The zero-order valence-electron chi connectivity index (χ0n) is 15.2. The Kier molecular flexibility index (Phi) is 6.79. The van der Waals surface area contributed by atoms with E-state index in [1.807, 2.05) is 0 Å². The first-order valence-corrected chi connectivity index (χ1v) is 10.3. The van der Waals surface area contributed by atoms with Crippen LogP contribution in [0.1, 0.15) is 6.92 Å². The summed E-state index contributed by atoms with van der Waals surface area (Å²) < 4.78 is 1.40. The molecule has 1 aromatic heterocycles. The molecule has 0 unspecified atom stereocenters. The van der Waals surface area contributed by atoms with Gasteiger partial charge in [0.05, 0.1) is 22.3 Å². The number of hydrogen-bond acceptors (Lipinski definition) is 5. The molecule has 0 radical (unpaired) electrons. The number of rotatable bonds is 5. The van der Waals surface area contributed by atoms with E-state index in [1.54, 1.807) is 49.4 Å². The summed E-state index contributed by atoms with van der Waals surface area (Å²) in [6.07, 6.45) is 0. The minimum Gasteiger partial charge on any atom is -0.338 e. The van der Waals surface area contributed by atoms with Crippen LogP contribution in [0.15, 0.2) is 52.4 Å². The monoisotopic (exact) mass is 450 g/mol. The van der Waals surface area contributed by atoms with E-state index in [0.717, 1.165) is 11.8 Å². The average molecular weight is 451 g/mol. The van der Waals surface area contributed by atoms with Crippen molar-refractivity contribution >= 4 is 57.8 Å². The van der Waals surface area contributed by atoms with Crippen LogP contribution in [0.25, 0.3) is 16.6 Å². The third-order valence-electron chi connectivity index (χ3n) is 3.81. The van der Waals surface area contributed by atoms with Gasteiger partial charge in [-0.05, 0) is 49.4 Å². The van der Waals surface area contributed by atoms with Crippen molar-refractivity contribution in [2.45, 2.75) is 12.1 Å². The third kappa shape index (κ3) is 5.09. The molecular formula is C19H16Cl2N4O3S. The number of fused-ring (bicyclic) bond motifs is 1. The number of halogens is 2. The molecule has 0 spiro atoms. The Morgan fingerprint density at radius 1 is 1.10 bits per heavy atom. The molecule has 0 atom stereocenters. The Balaban J connectivity index is 2.00. The number of thioether (sulfide) groups is 1. The fourth-order valence-electron chi connectivity index (χ4n) is 2.55. The van der Waals surface area contributed by atoms with Crippen LogP contribution in [0.5, 0.6) is 0 Å². The summed E-state index contributed by atoms with van der Waals surface area (Å²) in [7, 11) is 0. The highest BCUT2D eigenvalue weighted by Gasteiger charge is 2.16. The zero-order valence-corrected chi connectivity index (χ0v) is 17.6. The van der Waals surface area contributed by atoms with Crippen LogP contribution in [0.3, 0.4) is 0 Å². The van der Waals surface area contributed by atoms with Crippen molar-refractivity contribution < 1.29 is 9.59 Å². The van der Waals surface area contributed by atoms with E-state index < -0.39 is 11.9 Å². The molecule has 7 nitrogen and oxygen atoms in total. The van der Waals surface area contributed by atoms with E-state index in [4.69, 9.17) is 23.2 Å². The smallest absolute Gasteiger partial charge is 0.321 e. The third-order valence-corrected chi connectivity index (χ3v) is 5.23. The molecule has 1 heterocycles. The second-order valence-corrected chi connectivity index (χ2v) is 7.68. The van der Waals surface area contributed by atoms with Crippen LogP contribution < -0.4 is 16.2 Å². The molecule has 150 valence electrons. The molecule has 0 saturated heterocycles. The molecule has 0 saturated carbocycles. The van der Waals surface area contributed by atoms with Crippen LogP contribution in [0.4, 0.5) is 4.79 Å². The van der Waals surface area contributed by atoms with Gasteiger partial charge in [0.25, 0.3) is 5.56 Å². The Morgan fingerprint density at radius 2 is 1.79 bits per heavy atom. The highest BCUT2D eigenvalue weighted by Crippen LogP contribution is 2.23. The number of hydrogen-bond donors (Lipinski definition) is 2. The van der Waals surface area contributed by atoms with Gasteiger partial charge in [-0.15, -0.1) is 0 Å². The van der Waals surface area contributed by atoms with Crippen molar-refractivity contribution in [3.63, 3.8) is 0 Å². The zero-order chi connectivity index (χ0) is 21.0. The van der Waals surface area contributed by atoms with Crippen LogP contribution in [-0.4, -0.2) is 33.8 Å². The number of carbonyl (C=O) groups excluding carboxylic acids is 2. The topological polar surface area (TPSA) is 93.1 Å². The predicted octanol–water partition coefficient (Wildman–Crippen LogP) is 3.63. The van der Waals surface area contributed by atoms with E-state index in [-0.39, 0.29) is 16.5 Å². The molecule has 29 heavy (non-hydrogen) atoms. The Hall–Kier alpha value is -2.55. The molecule has 0 aliphatic carbocycles. The number of carbonyl (C=O) groups is 2. The van der Waals surface area contributed by atoms with Gasteiger partial charge >= 0.3 is 6.03 Å². The number of benzene rings is 2. The highest BCUT2D eigenvalue weighted by molar-refractivity contribution is 7.99. The lowest BCUT2D eigenvalue weighted by atomic mass is 10.2. The van der Waals surface area contributed by atoms with Crippen LogP contribution in [0, 0.1) is 0 Å². The van der Waals surface area contributed by atoms with Gasteiger partial charge in [0, 0.05) is 16.6 Å². The van der Waals surface area contributed by atoms with Gasteiger partial charge in [-0.25, -0.2) is 9.78 Å². The molecule has 0 aliphatic heterocycles. The molecule has 0 bridgehead atoms. The van der Waals surface area contributed by atoms with Gasteiger partial charge < -0.3 is 5.32 Å². The van der Waals surface area contributed by atoms with Gasteiger partial charge in [-0.1, -0.05) is 35.0 Å². The van der Waals surface area contributed by atoms with Crippen molar-refractivity contribution in [2.75, 3.05) is 12.3 Å². The second kappa shape index (κ2) is 9.30. The van der Waals surface area contributed by atoms with Gasteiger partial charge in [-0.2, -0.15) is 0 Å².